The molecule has 0 spiro atoms. The van der Waals surface area contributed by atoms with Crippen LogP contribution in [0.2, 0.25) is 0 Å². The molecule has 0 bridgehead atoms. The predicted octanol–water partition coefficient (Wildman–Crippen LogP) is 1.73. The highest BCUT2D eigenvalue weighted by Crippen LogP contribution is 2.23. The Morgan fingerprint density at radius 2 is 2.28 bits per heavy atom. The minimum absolute atomic E-state index is 0.164. The van der Waals surface area contributed by atoms with Gasteiger partial charge >= 0.3 is 5.97 Å². The molecule has 90 valence electrons. The molecule has 1 aromatic heterocycles. The summed E-state index contributed by atoms with van der Waals surface area (Å²) in [6.45, 7) is 1.72. The number of rotatable bonds is 3. The molecular weight excluding hydrogens is 232 g/mol. The largest absolute Gasteiger partial charge is 0.478 e. The maximum absolute atomic E-state index is 10.9. The van der Waals surface area contributed by atoms with Gasteiger partial charge in [-0.2, -0.15) is 0 Å². The summed E-state index contributed by atoms with van der Waals surface area (Å²) >= 11 is 0. The van der Waals surface area contributed by atoms with Gasteiger partial charge in [0.25, 0.3) is 0 Å². The van der Waals surface area contributed by atoms with E-state index in [2.05, 4.69) is 15.9 Å². The number of aromatic nitrogens is 2. The van der Waals surface area contributed by atoms with Gasteiger partial charge in [-0.05, 0) is 25.1 Å². The minimum atomic E-state index is -1.00. The van der Waals surface area contributed by atoms with E-state index in [0.717, 1.165) is 0 Å². The van der Waals surface area contributed by atoms with Gasteiger partial charge in [-0.1, -0.05) is 5.92 Å². The predicted molar refractivity (Wildman–Crippen MR) is 65.4 cm³/mol. The Labute approximate surface area is 103 Å². The second-order valence-electron chi connectivity index (χ2n) is 3.64. The summed E-state index contributed by atoms with van der Waals surface area (Å²) in [4.78, 5) is 18.9. The molecule has 0 saturated carbocycles. The van der Waals surface area contributed by atoms with Crippen LogP contribution < -0.4 is 4.74 Å². The number of carboxylic acid groups (broad SMARTS) is 1. The Balaban J connectivity index is 2.51. The van der Waals surface area contributed by atoms with Gasteiger partial charge in [-0.3, -0.25) is 0 Å². The van der Waals surface area contributed by atoms with E-state index in [4.69, 9.17) is 16.3 Å². The lowest BCUT2D eigenvalue weighted by Crippen LogP contribution is -2.10. The third-order valence-corrected chi connectivity index (χ3v) is 2.37. The lowest BCUT2D eigenvalue weighted by atomic mass is 10.1. The number of hydrogen-bond donors (Lipinski definition) is 1. The smallest absolute Gasteiger partial charge is 0.335 e. The average molecular weight is 242 g/mol. The SMILES string of the molecule is C#CC(C)Oc1ncnc2cc(C(=O)O)ccc12. The van der Waals surface area contributed by atoms with Crippen molar-refractivity contribution < 1.29 is 14.6 Å². The summed E-state index contributed by atoms with van der Waals surface area (Å²) in [7, 11) is 0. The van der Waals surface area contributed by atoms with E-state index in [-0.39, 0.29) is 5.56 Å². The maximum atomic E-state index is 10.9. The van der Waals surface area contributed by atoms with Crippen molar-refractivity contribution in [2.75, 3.05) is 0 Å². The second kappa shape index (κ2) is 4.72. The molecular formula is C13H10N2O3. The second-order valence-corrected chi connectivity index (χ2v) is 3.64. The van der Waals surface area contributed by atoms with Crippen LogP contribution >= 0.6 is 0 Å². The van der Waals surface area contributed by atoms with Crippen molar-refractivity contribution in [2.45, 2.75) is 13.0 Å². The summed E-state index contributed by atoms with van der Waals surface area (Å²) in [6.07, 6.45) is 6.13. The van der Waals surface area contributed by atoms with Crippen molar-refractivity contribution in [2.24, 2.45) is 0 Å². The number of carbonyl (C=O) groups is 1. The topological polar surface area (TPSA) is 72.3 Å². The first-order valence-electron chi connectivity index (χ1n) is 5.22. The fourth-order valence-electron chi connectivity index (χ4n) is 1.46. The first-order chi connectivity index (χ1) is 8.61. The highest BCUT2D eigenvalue weighted by atomic mass is 16.5. The minimum Gasteiger partial charge on any atom is -0.478 e. The van der Waals surface area contributed by atoms with Crippen LogP contribution in [-0.4, -0.2) is 27.1 Å². The zero-order chi connectivity index (χ0) is 13.1. The molecule has 0 saturated heterocycles. The van der Waals surface area contributed by atoms with Crippen molar-refractivity contribution in [1.29, 1.82) is 0 Å². The fourth-order valence-corrected chi connectivity index (χ4v) is 1.46. The number of nitrogens with zero attached hydrogens (tertiary/aromatic N) is 2. The molecule has 0 amide bonds. The quantitative estimate of drug-likeness (QED) is 0.830. The molecule has 0 aliphatic rings. The molecule has 0 radical (unpaired) electrons. The maximum Gasteiger partial charge on any atom is 0.335 e. The van der Waals surface area contributed by atoms with Crippen LogP contribution in [0.25, 0.3) is 10.9 Å². The first kappa shape index (κ1) is 11.9. The Morgan fingerprint density at radius 3 is 2.94 bits per heavy atom. The van der Waals surface area contributed by atoms with Crippen molar-refractivity contribution >= 4 is 16.9 Å². The van der Waals surface area contributed by atoms with Crippen LogP contribution in [-0.2, 0) is 0 Å². The molecule has 5 heteroatoms. The lowest BCUT2D eigenvalue weighted by molar-refractivity contribution is 0.0697. The molecule has 1 aromatic carbocycles. The summed E-state index contributed by atoms with van der Waals surface area (Å²) < 4.78 is 5.44. The van der Waals surface area contributed by atoms with Crippen LogP contribution in [0.1, 0.15) is 17.3 Å². The van der Waals surface area contributed by atoms with Crippen LogP contribution in [0.15, 0.2) is 24.5 Å². The molecule has 5 nitrogen and oxygen atoms in total. The number of aromatic carboxylic acids is 1. The summed E-state index contributed by atoms with van der Waals surface area (Å²) in [5.41, 5.74) is 0.668. The van der Waals surface area contributed by atoms with Crippen molar-refractivity contribution in [3.8, 4) is 18.2 Å². The summed E-state index contributed by atoms with van der Waals surface area (Å²) in [6, 6.07) is 4.55. The summed E-state index contributed by atoms with van der Waals surface area (Å²) in [5.74, 6) is 1.78. The van der Waals surface area contributed by atoms with E-state index in [9.17, 15) is 4.79 Å². The lowest BCUT2D eigenvalue weighted by Gasteiger charge is -2.09. The molecule has 1 heterocycles. The summed E-state index contributed by atoms with van der Waals surface area (Å²) in [5, 5.41) is 9.53. The molecule has 1 atom stereocenters. The Morgan fingerprint density at radius 1 is 1.50 bits per heavy atom. The van der Waals surface area contributed by atoms with Gasteiger partial charge < -0.3 is 9.84 Å². The Bertz CT molecular complexity index is 646. The first-order valence-corrected chi connectivity index (χ1v) is 5.22. The third kappa shape index (κ3) is 2.23. The molecule has 1 unspecified atom stereocenters. The van der Waals surface area contributed by atoms with E-state index >= 15 is 0 Å². The third-order valence-electron chi connectivity index (χ3n) is 2.37. The van der Waals surface area contributed by atoms with Gasteiger partial charge in [0.05, 0.1) is 16.5 Å². The van der Waals surface area contributed by atoms with Crippen LogP contribution in [0.4, 0.5) is 0 Å². The van der Waals surface area contributed by atoms with E-state index in [1.54, 1.807) is 13.0 Å². The number of benzene rings is 1. The van der Waals surface area contributed by atoms with Crippen LogP contribution in [0.5, 0.6) is 5.88 Å². The van der Waals surface area contributed by atoms with Gasteiger partial charge in [-0.25, -0.2) is 14.8 Å². The zero-order valence-corrected chi connectivity index (χ0v) is 9.62. The van der Waals surface area contributed by atoms with Crippen molar-refractivity contribution in [3.05, 3.63) is 30.1 Å². The zero-order valence-electron chi connectivity index (χ0n) is 9.62. The van der Waals surface area contributed by atoms with Gasteiger partial charge in [0.15, 0.2) is 6.10 Å². The van der Waals surface area contributed by atoms with Gasteiger partial charge in [-0.15, -0.1) is 6.42 Å². The highest BCUT2D eigenvalue weighted by Gasteiger charge is 2.10. The van der Waals surface area contributed by atoms with Gasteiger partial charge in [0.1, 0.15) is 6.33 Å². The molecule has 1 N–H and O–H groups in total. The average Bonchev–Trinajstić information content (AvgIpc) is 2.38. The van der Waals surface area contributed by atoms with Crippen molar-refractivity contribution in [3.63, 3.8) is 0 Å². The van der Waals surface area contributed by atoms with Crippen molar-refractivity contribution in [1.82, 2.24) is 9.97 Å². The monoisotopic (exact) mass is 242 g/mol. The van der Waals surface area contributed by atoms with E-state index < -0.39 is 12.1 Å². The number of hydrogen-bond acceptors (Lipinski definition) is 4. The van der Waals surface area contributed by atoms with Gasteiger partial charge in [0.2, 0.25) is 5.88 Å². The number of fused-ring (bicyclic) bond motifs is 1. The molecule has 0 aliphatic carbocycles. The normalized spacial score (nSPS) is 11.8. The van der Waals surface area contributed by atoms with Crippen LogP contribution in [0.3, 0.4) is 0 Å². The number of carboxylic acids is 1. The van der Waals surface area contributed by atoms with Gasteiger partial charge in [0, 0.05) is 0 Å². The number of terminal acetylenes is 1. The molecule has 2 aromatic rings. The Kier molecular flexibility index (Phi) is 3.11. The standard InChI is InChI=1S/C13H10N2O3/c1-3-8(2)18-12-10-5-4-9(13(16)17)6-11(10)14-7-15-12/h1,4-8H,2H3,(H,16,17). The van der Waals surface area contributed by atoms with E-state index in [1.165, 1.54) is 18.5 Å². The molecule has 2 rings (SSSR count). The highest BCUT2D eigenvalue weighted by molar-refractivity contribution is 5.94. The Hall–Kier alpha value is -2.61. The molecule has 0 fully saturated rings. The van der Waals surface area contributed by atoms with E-state index in [0.29, 0.717) is 16.8 Å². The van der Waals surface area contributed by atoms with E-state index in [1.807, 2.05) is 0 Å². The molecule has 18 heavy (non-hydrogen) atoms. The number of ether oxygens (including phenoxy) is 1. The fraction of sp³-hybridized carbons (Fsp3) is 0.154. The van der Waals surface area contributed by atoms with Crippen LogP contribution in [0, 0.1) is 12.3 Å². The molecule has 0 aliphatic heterocycles.